The van der Waals surface area contributed by atoms with Crippen LogP contribution in [0.25, 0.3) is 21.9 Å². The van der Waals surface area contributed by atoms with E-state index in [1.807, 2.05) is 74.5 Å². The first kappa shape index (κ1) is 19.1. The minimum atomic E-state index is 0.785. The Labute approximate surface area is 165 Å². The van der Waals surface area contributed by atoms with Crippen molar-refractivity contribution in [3.8, 4) is 11.1 Å². The normalized spacial score (nSPS) is 10.4. The van der Waals surface area contributed by atoms with E-state index in [1.54, 1.807) is 0 Å². The van der Waals surface area contributed by atoms with Gasteiger partial charge in [0, 0.05) is 22.7 Å². The number of anilines is 4. The third-order valence-electron chi connectivity index (χ3n) is 4.76. The predicted molar refractivity (Wildman–Crippen MR) is 123 cm³/mol. The topological polar surface area (TPSA) is 104 Å². The van der Waals surface area contributed by atoms with E-state index in [-0.39, 0.29) is 0 Å². The van der Waals surface area contributed by atoms with E-state index in [9.17, 15) is 0 Å². The summed E-state index contributed by atoms with van der Waals surface area (Å²) in [6, 6.07) is 23.7. The van der Waals surface area contributed by atoms with Crippen LogP contribution >= 0.6 is 0 Å². The fourth-order valence-electron chi connectivity index (χ4n) is 2.99. The molecule has 0 atom stereocenters. The molecule has 0 unspecified atom stereocenters. The third-order valence-corrected chi connectivity index (χ3v) is 4.76. The van der Waals surface area contributed by atoms with Crippen LogP contribution in [0.1, 0.15) is 11.1 Å². The Balaban J connectivity index is 0.000000167. The fourth-order valence-corrected chi connectivity index (χ4v) is 2.99. The molecule has 28 heavy (non-hydrogen) atoms. The first-order chi connectivity index (χ1) is 13.3. The van der Waals surface area contributed by atoms with Gasteiger partial charge in [-0.2, -0.15) is 0 Å². The van der Waals surface area contributed by atoms with Crippen molar-refractivity contribution in [1.29, 1.82) is 0 Å². The Morgan fingerprint density at radius 1 is 0.464 bits per heavy atom. The molecule has 0 aromatic heterocycles. The first-order valence-corrected chi connectivity index (χ1v) is 9.11. The molecule has 0 bridgehead atoms. The van der Waals surface area contributed by atoms with E-state index in [0.717, 1.165) is 44.6 Å². The van der Waals surface area contributed by atoms with Crippen molar-refractivity contribution in [2.45, 2.75) is 13.8 Å². The maximum Gasteiger partial charge on any atom is 0.0344 e. The van der Waals surface area contributed by atoms with Gasteiger partial charge in [-0.05, 0) is 95.4 Å². The second kappa shape index (κ2) is 7.92. The molecular formula is C24H26N4. The number of aryl methyl sites for hydroxylation is 2. The molecule has 4 nitrogen and oxygen atoms in total. The molecule has 8 N–H and O–H groups in total. The van der Waals surface area contributed by atoms with Crippen molar-refractivity contribution in [1.82, 2.24) is 0 Å². The zero-order chi connectivity index (χ0) is 20.3. The summed E-state index contributed by atoms with van der Waals surface area (Å²) < 4.78 is 0. The molecule has 4 aromatic rings. The van der Waals surface area contributed by atoms with Crippen molar-refractivity contribution in [2.24, 2.45) is 0 Å². The molecule has 0 saturated heterocycles. The van der Waals surface area contributed by atoms with Crippen molar-refractivity contribution in [2.75, 3.05) is 22.9 Å². The van der Waals surface area contributed by atoms with Crippen molar-refractivity contribution in [3.05, 3.63) is 83.9 Å². The molecule has 0 spiro atoms. The maximum atomic E-state index is 5.80. The number of benzene rings is 4. The van der Waals surface area contributed by atoms with Gasteiger partial charge < -0.3 is 22.9 Å². The van der Waals surface area contributed by atoms with Gasteiger partial charge in [0.2, 0.25) is 0 Å². The molecule has 0 heterocycles. The van der Waals surface area contributed by atoms with Gasteiger partial charge in [-0.25, -0.2) is 0 Å². The van der Waals surface area contributed by atoms with E-state index in [4.69, 9.17) is 22.9 Å². The summed E-state index contributed by atoms with van der Waals surface area (Å²) >= 11 is 0. The maximum absolute atomic E-state index is 5.80. The second-order valence-electron chi connectivity index (χ2n) is 7.01. The van der Waals surface area contributed by atoms with Gasteiger partial charge in [0.25, 0.3) is 0 Å². The number of nitrogens with two attached hydrogens (primary N) is 4. The van der Waals surface area contributed by atoms with Crippen molar-refractivity contribution < 1.29 is 0 Å². The quantitative estimate of drug-likeness (QED) is 0.348. The summed E-state index contributed by atoms with van der Waals surface area (Å²) in [6.45, 7) is 4.03. The molecule has 4 aromatic carbocycles. The van der Waals surface area contributed by atoms with E-state index in [2.05, 4.69) is 12.1 Å². The van der Waals surface area contributed by atoms with E-state index >= 15 is 0 Å². The zero-order valence-corrected chi connectivity index (χ0v) is 16.2. The lowest BCUT2D eigenvalue weighted by molar-refractivity contribution is 1.44. The fraction of sp³-hybridized carbons (Fsp3) is 0.0833. The molecule has 0 saturated carbocycles. The minimum Gasteiger partial charge on any atom is -0.399 e. The average Bonchev–Trinajstić information content (AvgIpc) is 2.67. The van der Waals surface area contributed by atoms with Gasteiger partial charge in [0.05, 0.1) is 0 Å². The van der Waals surface area contributed by atoms with E-state index in [0.29, 0.717) is 0 Å². The van der Waals surface area contributed by atoms with Crippen LogP contribution in [-0.4, -0.2) is 0 Å². The highest BCUT2D eigenvalue weighted by molar-refractivity contribution is 5.87. The Morgan fingerprint density at radius 2 is 0.857 bits per heavy atom. The number of nitrogen functional groups attached to an aromatic ring is 4. The Morgan fingerprint density at radius 3 is 1.21 bits per heavy atom. The van der Waals surface area contributed by atoms with Crippen molar-refractivity contribution in [3.63, 3.8) is 0 Å². The standard InChI is InChI=1S/C14H16N2.C10H10N2/c1-9-7-11(3-5-13(9)15)12-4-6-14(16)10(2)8-12;11-9-3-1-7-5-10(12)4-2-8(7)6-9/h3-8H,15-16H2,1-2H3;1-6H,11-12H2. The van der Waals surface area contributed by atoms with Gasteiger partial charge in [0.1, 0.15) is 0 Å². The van der Waals surface area contributed by atoms with E-state index < -0.39 is 0 Å². The average molecular weight is 371 g/mol. The van der Waals surface area contributed by atoms with Gasteiger partial charge in [-0.15, -0.1) is 0 Å². The minimum absolute atomic E-state index is 0.785. The number of hydrogen-bond acceptors (Lipinski definition) is 4. The first-order valence-electron chi connectivity index (χ1n) is 9.11. The predicted octanol–water partition coefficient (Wildman–Crippen LogP) is 5.14. The molecular weight excluding hydrogens is 344 g/mol. The molecule has 0 radical (unpaired) electrons. The van der Waals surface area contributed by atoms with Gasteiger partial charge >= 0.3 is 0 Å². The van der Waals surface area contributed by atoms with Crippen LogP contribution in [0.2, 0.25) is 0 Å². The second-order valence-corrected chi connectivity index (χ2v) is 7.01. The van der Waals surface area contributed by atoms with Crippen LogP contribution in [-0.2, 0) is 0 Å². The molecule has 0 amide bonds. The smallest absolute Gasteiger partial charge is 0.0344 e. The molecule has 4 rings (SSSR count). The van der Waals surface area contributed by atoms with E-state index in [1.165, 1.54) is 11.1 Å². The van der Waals surface area contributed by atoms with Gasteiger partial charge in [-0.3, -0.25) is 0 Å². The Bertz CT molecular complexity index is 1040. The molecule has 4 heteroatoms. The summed E-state index contributed by atoms with van der Waals surface area (Å²) in [5.41, 5.74) is 30.6. The summed E-state index contributed by atoms with van der Waals surface area (Å²) in [5.74, 6) is 0. The largest absolute Gasteiger partial charge is 0.399 e. The van der Waals surface area contributed by atoms with Crippen LogP contribution < -0.4 is 22.9 Å². The van der Waals surface area contributed by atoms with Crippen LogP contribution in [0.3, 0.4) is 0 Å². The summed E-state index contributed by atoms with van der Waals surface area (Å²) in [4.78, 5) is 0. The van der Waals surface area contributed by atoms with Crippen LogP contribution in [0.5, 0.6) is 0 Å². The van der Waals surface area contributed by atoms with Crippen molar-refractivity contribution >= 4 is 33.5 Å². The van der Waals surface area contributed by atoms with Crippen LogP contribution in [0.4, 0.5) is 22.7 Å². The molecule has 0 aliphatic rings. The molecule has 0 aliphatic carbocycles. The highest BCUT2D eigenvalue weighted by Gasteiger charge is 2.02. The monoisotopic (exact) mass is 370 g/mol. The molecule has 0 aliphatic heterocycles. The SMILES string of the molecule is Cc1cc(-c2ccc(N)c(C)c2)ccc1N.Nc1ccc2cc(N)ccc2c1. The highest BCUT2D eigenvalue weighted by atomic mass is 14.6. The summed E-state index contributed by atoms with van der Waals surface area (Å²) in [7, 11) is 0. The molecule has 0 fully saturated rings. The summed E-state index contributed by atoms with van der Waals surface area (Å²) in [6.07, 6.45) is 0. The highest BCUT2D eigenvalue weighted by Crippen LogP contribution is 2.26. The Kier molecular flexibility index (Phi) is 5.41. The summed E-state index contributed by atoms with van der Waals surface area (Å²) in [5, 5.41) is 2.26. The van der Waals surface area contributed by atoms with Crippen LogP contribution in [0.15, 0.2) is 72.8 Å². The van der Waals surface area contributed by atoms with Gasteiger partial charge in [0.15, 0.2) is 0 Å². The zero-order valence-electron chi connectivity index (χ0n) is 16.2. The lowest BCUT2D eigenvalue weighted by Crippen LogP contribution is -1.91. The number of rotatable bonds is 1. The Hall–Kier alpha value is -3.66. The molecule has 142 valence electrons. The lowest BCUT2D eigenvalue weighted by Gasteiger charge is -2.07. The number of hydrogen-bond donors (Lipinski definition) is 4. The van der Waals surface area contributed by atoms with Gasteiger partial charge in [-0.1, -0.05) is 24.3 Å². The van der Waals surface area contributed by atoms with Crippen LogP contribution in [0, 0.1) is 13.8 Å². The third kappa shape index (κ3) is 4.35. The number of fused-ring (bicyclic) bond motifs is 1. The lowest BCUT2D eigenvalue weighted by atomic mass is 10.0.